The molecule has 0 aromatic heterocycles. The van der Waals surface area contributed by atoms with E-state index in [4.69, 9.17) is 4.74 Å². The van der Waals surface area contributed by atoms with Gasteiger partial charge in [-0.1, -0.05) is 19.9 Å². The minimum absolute atomic E-state index is 0.848. The lowest BCUT2D eigenvalue weighted by Crippen LogP contribution is -2.06. The van der Waals surface area contributed by atoms with E-state index >= 15 is 0 Å². The van der Waals surface area contributed by atoms with Crippen LogP contribution in [0.25, 0.3) is 0 Å². The molecule has 2 rings (SSSR count). The highest BCUT2D eigenvalue weighted by Gasteiger charge is 2.09. The van der Waals surface area contributed by atoms with Gasteiger partial charge in [-0.25, -0.2) is 0 Å². The predicted molar refractivity (Wildman–Crippen MR) is 58.7 cm³/mol. The molecule has 1 aliphatic rings. The summed E-state index contributed by atoms with van der Waals surface area (Å²) in [6.07, 6.45) is 0. The van der Waals surface area contributed by atoms with E-state index in [1.54, 1.807) is 0 Å². The Kier molecular flexibility index (Phi) is 4.16. The van der Waals surface area contributed by atoms with E-state index in [-0.39, 0.29) is 0 Å². The smallest absolute Gasteiger partial charge is 0.132 e. The minimum Gasteiger partial charge on any atom is -0.492 e. The Hall–Kier alpha value is -0.630. The summed E-state index contributed by atoms with van der Waals surface area (Å²) in [5.74, 6) is 2.13. The van der Waals surface area contributed by atoms with Crippen molar-refractivity contribution in [3.8, 4) is 5.75 Å². The standard InChI is InChI=1S/C9H10OS.C2H6/c1-7-2-3-8-9(6-7)11-5-4-10-8;1-2/h2-3,6H,4-5H2,1H3;1-2H3. The molecule has 0 amide bonds. The summed E-state index contributed by atoms with van der Waals surface area (Å²) in [7, 11) is 0. The van der Waals surface area contributed by atoms with Crippen LogP contribution in [0.3, 0.4) is 0 Å². The van der Waals surface area contributed by atoms with Crippen LogP contribution >= 0.6 is 11.8 Å². The zero-order valence-corrected chi connectivity index (χ0v) is 9.28. The van der Waals surface area contributed by atoms with E-state index in [1.807, 2.05) is 25.6 Å². The Morgan fingerprint density at radius 2 is 2.08 bits per heavy atom. The fourth-order valence-corrected chi connectivity index (χ4v) is 2.08. The van der Waals surface area contributed by atoms with Crippen molar-refractivity contribution >= 4 is 11.8 Å². The molecule has 0 bridgehead atoms. The number of benzene rings is 1. The van der Waals surface area contributed by atoms with Gasteiger partial charge in [0.15, 0.2) is 0 Å². The molecule has 1 aromatic rings. The Balaban J connectivity index is 0.000000396. The third-order valence-corrected chi connectivity index (χ3v) is 2.70. The molecule has 0 radical (unpaired) electrons. The van der Waals surface area contributed by atoms with Crippen molar-refractivity contribution in [1.29, 1.82) is 0 Å². The largest absolute Gasteiger partial charge is 0.492 e. The molecule has 0 unspecified atom stereocenters. The van der Waals surface area contributed by atoms with E-state index in [2.05, 4.69) is 25.1 Å². The zero-order chi connectivity index (χ0) is 9.68. The van der Waals surface area contributed by atoms with Crippen molar-refractivity contribution in [1.82, 2.24) is 0 Å². The summed E-state index contributed by atoms with van der Waals surface area (Å²) in [6, 6.07) is 6.32. The minimum atomic E-state index is 0.848. The second kappa shape index (κ2) is 5.18. The molecule has 0 fully saturated rings. The van der Waals surface area contributed by atoms with Crippen molar-refractivity contribution in [3.63, 3.8) is 0 Å². The summed E-state index contributed by atoms with van der Waals surface area (Å²) in [4.78, 5) is 1.29. The number of rotatable bonds is 0. The van der Waals surface area contributed by atoms with Crippen LogP contribution < -0.4 is 4.74 Å². The quantitative estimate of drug-likeness (QED) is 0.628. The Labute approximate surface area is 84.5 Å². The molecule has 0 N–H and O–H groups in total. The Bertz CT molecular complexity index is 271. The van der Waals surface area contributed by atoms with Gasteiger partial charge in [0.25, 0.3) is 0 Å². The second-order valence-corrected chi connectivity index (χ2v) is 3.78. The van der Waals surface area contributed by atoms with E-state index in [0.717, 1.165) is 18.1 Å². The fraction of sp³-hybridized carbons (Fsp3) is 0.455. The lowest BCUT2D eigenvalue weighted by molar-refractivity contribution is 0.330. The number of fused-ring (bicyclic) bond motifs is 1. The fourth-order valence-electron chi connectivity index (χ4n) is 1.15. The maximum absolute atomic E-state index is 5.46. The lowest BCUT2D eigenvalue weighted by Gasteiger charge is -2.16. The third-order valence-electron chi connectivity index (χ3n) is 1.70. The second-order valence-electron chi connectivity index (χ2n) is 2.65. The lowest BCUT2D eigenvalue weighted by atomic mass is 10.2. The molecule has 13 heavy (non-hydrogen) atoms. The van der Waals surface area contributed by atoms with Crippen molar-refractivity contribution < 1.29 is 4.74 Å². The average molecular weight is 196 g/mol. The summed E-state index contributed by atoms with van der Waals surface area (Å²) in [5, 5.41) is 0. The maximum atomic E-state index is 5.46. The SMILES string of the molecule is CC.Cc1ccc2c(c1)SCCO2. The van der Waals surface area contributed by atoms with E-state index < -0.39 is 0 Å². The summed E-state index contributed by atoms with van der Waals surface area (Å²) in [5.41, 5.74) is 1.31. The van der Waals surface area contributed by atoms with E-state index in [9.17, 15) is 0 Å². The van der Waals surface area contributed by atoms with Crippen molar-refractivity contribution in [2.24, 2.45) is 0 Å². The Morgan fingerprint density at radius 1 is 1.31 bits per heavy atom. The first-order valence-corrected chi connectivity index (χ1v) is 5.71. The van der Waals surface area contributed by atoms with Gasteiger partial charge >= 0.3 is 0 Å². The van der Waals surface area contributed by atoms with Gasteiger partial charge in [0.2, 0.25) is 0 Å². The van der Waals surface area contributed by atoms with Crippen LogP contribution in [-0.4, -0.2) is 12.4 Å². The predicted octanol–water partition coefficient (Wildman–Crippen LogP) is 3.51. The first-order valence-electron chi connectivity index (χ1n) is 4.72. The number of aryl methyl sites for hydroxylation is 1. The van der Waals surface area contributed by atoms with Crippen LogP contribution in [0.15, 0.2) is 23.1 Å². The molecular weight excluding hydrogens is 180 g/mol. The molecule has 1 aliphatic heterocycles. The highest BCUT2D eigenvalue weighted by atomic mass is 32.2. The number of hydrogen-bond donors (Lipinski definition) is 0. The molecule has 1 aromatic carbocycles. The summed E-state index contributed by atoms with van der Waals surface area (Å²) in [6.45, 7) is 6.95. The number of thioether (sulfide) groups is 1. The monoisotopic (exact) mass is 196 g/mol. The van der Waals surface area contributed by atoms with Gasteiger partial charge in [0.05, 0.1) is 6.61 Å². The zero-order valence-electron chi connectivity index (χ0n) is 8.46. The van der Waals surface area contributed by atoms with Crippen molar-refractivity contribution in [2.45, 2.75) is 25.7 Å². The normalized spacial score (nSPS) is 13.5. The molecule has 0 saturated heterocycles. The number of ether oxygens (including phenoxy) is 1. The van der Waals surface area contributed by atoms with Crippen LogP contribution in [0.5, 0.6) is 5.75 Å². The summed E-state index contributed by atoms with van der Waals surface area (Å²) >= 11 is 1.88. The highest BCUT2D eigenvalue weighted by Crippen LogP contribution is 2.33. The molecule has 0 aliphatic carbocycles. The maximum Gasteiger partial charge on any atom is 0.132 e. The van der Waals surface area contributed by atoms with Gasteiger partial charge in [-0.3, -0.25) is 0 Å². The molecule has 72 valence electrons. The summed E-state index contributed by atoms with van der Waals surface area (Å²) < 4.78 is 5.46. The topological polar surface area (TPSA) is 9.23 Å². The average Bonchev–Trinajstić information content (AvgIpc) is 2.21. The van der Waals surface area contributed by atoms with Crippen LogP contribution in [0.1, 0.15) is 19.4 Å². The van der Waals surface area contributed by atoms with E-state index in [1.165, 1.54) is 10.5 Å². The van der Waals surface area contributed by atoms with Gasteiger partial charge in [-0.2, -0.15) is 0 Å². The van der Waals surface area contributed by atoms with Gasteiger partial charge in [-0.05, 0) is 24.6 Å². The van der Waals surface area contributed by atoms with Gasteiger partial charge in [0.1, 0.15) is 5.75 Å². The van der Waals surface area contributed by atoms with Crippen LogP contribution in [-0.2, 0) is 0 Å². The van der Waals surface area contributed by atoms with Crippen LogP contribution in [0, 0.1) is 6.92 Å². The van der Waals surface area contributed by atoms with Crippen LogP contribution in [0.2, 0.25) is 0 Å². The van der Waals surface area contributed by atoms with Gasteiger partial charge in [-0.15, -0.1) is 11.8 Å². The molecule has 1 nitrogen and oxygen atoms in total. The molecule has 0 saturated carbocycles. The molecule has 0 spiro atoms. The van der Waals surface area contributed by atoms with Crippen molar-refractivity contribution in [2.75, 3.05) is 12.4 Å². The van der Waals surface area contributed by atoms with Gasteiger partial charge < -0.3 is 4.74 Å². The van der Waals surface area contributed by atoms with Crippen LogP contribution in [0.4, 0.5) is 0 Å². The molecule has 2 heteroatoms. The third kappa shape index (κ3) is 2.66. The number of hydrogen-bond acceptors (Lipinski definition) is 2. The van der Waals surface area contributed by atoms with Crippen molar-refractivity contribution in [3.05, 3.63) is 23.8 Å². The molecular formula is C11H16OS. The first-order chi connectivity index (χ1) is 6.36. The Morgan fingerprint density at radius 3 is 2.85 bits per heavy atom. The first kappa shape index (κ1) is 10.5. The molecule has 1 heterocycles. The molecule has 0 atom stereocenters. The highest BCUT2D eigenvalue weighted by molar-refractivity contribution is 7.99. The van der Waals surface area contributed by atoms with Gasteiger partial charge in [0, 0.05) is 10.6 Å². The van der Waals surface area contributed by atoms with E-state index in [0.29, 0.717) is 0 Å².